The number of nitrogens with two attached hydrogens (primary N) is 1. The molecule has 12 heavy (non-hydrogen) atoms. The van der Waals surface area contributed by atoms with Gasteiger partial charge in [-0.2, -0.15) is 0 Å². The van der Waals surface area contributed by atoms with Gasteiger partial charge in [0.05, 0.1) is 0 Å². The van der Waals surface area contributed by atoms with Crippen molar-refractivity contribution in [2.75, 3.05) is 13.2 Å². The molecular formula is C9H11NO2. The van der Waals surface area contributed by atoms with Gasteiger partial charge in [-0.15, -0.1) is 0 Å². The summed E-state index contributed by atoms with van der Waals surface area (Å²) < 4.78 is 5.21. The molecule has 0 atom stereocenters. The minimum absolute atomic E-state index is 0.475. The molecule has 0 aromatic heterocycles. The van der Waals surface area contributed by atoms with Crippen molar-refractivity contribution in [3.63, 3.8) is 0 Å². The van der Waals surface area contributed by atoms with E-state index in [0.717, 1.165) is 6.29 Å². The van der Waals surface area contributed by atoms with E-state index in [1.165, 1.54) is 0 Å². The van der Waals surface area contributed by atoms with E-state index in [1.54, 1.807) is 24.3 Å². The van der Waals surface area contributed by atoms with Crippen molar-refractivity contribution in [1.29, 1.82) is 0 Å². The molecule has 0 heterocycles. The molecular weight excluding hydrogens is 154 g/mol. The molecule has 0 unspecified atom stereocenters. The van der Waals surface area contributed by atoms with Crippen LogP contribution in [0.2, 0.25) is 0 Å². The standard InChI is InChI=1S/C9H11NO2/c10-4-5-12-9-3-1-2-8(6-9)7-11/h1-3,6-7H,4-5,10H2. The number of ether oxygens (including phenoxy) is 1. The third kappa shape index (κ3) is 2.36. The first-order chi connectivity index (χ1) is 5.86. The number of aldehydes is 1. The molecule has 1 aromatic rings. The minimum atomic E-state index is 0.475. The first kappa shape index (κ1) is 8.74. The largest absolute Gasteiger partial charge is 0.492 e. The van der Waals surface area contributed by atoms with Crippen molar-refractivity contribution in [3.8, 4) is 5.75 Å². The van der Waals surface area contributed by atoms with E-state index in [0.29, 0.717) is 24.5 Å². The van der Waals surface area contributed by atoms with Crippen LogP contribution in [0.4, 0.5) is 0 Å². The molecule has 0 saturated carbocycles. The fraction of sp³-hybridized carbons (Fsp3) is 0.222. The SMILES string of the molecule is NCCOc1cccc(C=O)c1. The van der Waals surface area contributed by atoms with Gasteiger partial charge in [-0.3, -0.25) is 4.79 Å². The first-order valence-corrected chi connectivity index (χ1v) is 3.75. The number of rotatable bonds is 4. The number of benzene rings is 1. The minimum Gasteiger partial charge on any atom is -0.492 e. The summed E-state index contributed by atoms with van der Waals surface area (Å²) in [7, 11) is 0. The van der Waals surface area contributed by atoms with Gasteiger partial charge in [0.15, 0.2) is 0 Å². The zero-order chi connectivity index (χ0) is 8.81. The van der Waals surface area contributed by atoms with E-state index in [9.17, 15) is 4.79 Å². The van der Waals surface area contributed by atoms with Crippen molar-refractivity contribution in [2.45, 2.75) is 0 Å². The van der Waals surface area contributed by atoms with E-state index in [1.807, 2.05) is 0 Å². The summed E-state index contributed by atoms with van der Waals surface area (Å²) >= 11 is 0. The molecule has 0 aliphatic carbocycles. The molecule has 1 aromatic carbocycles. The third-order valence-electron chi connectivity index (χ3n) is 1.38. The highest BCUT2D eigenvalue weighted by atomic mass is 16.5. The van der Waals surface area contributed by atoms with E-state index >= 15 is 0 Å². The number of hydrogen-bond donors (Lipinski definition) is 1. The maximum atomic E-state index is 10.4. The molecule has 3 nitrogen and oxygen atoms in total. The Labute approximate surface area is 71.1 Å². The van der Waals surface area contributed by atoms with Crippen LogP contribution in [0.5, 0.6) is 5.75 Å². The van der Waals surface area contributed by atoms with Gasteiger partial charge in [-0.1, -0.05) is 12.1 Å². The number of carbonyl (C=O) groups excluding carboxylic acids is 1. The zero-order valence-corrected chi connectivity index (χ0v) is 6.69. The summed E-state index contributed by atoms with van der Waals surface area (Å²) in [6, 6.07) is 6.98. The average Bonchev–Trinajstić information content (AvgIpc) is 2.15. The molecule has 2 N–H and O–H groups in total. The molecule has 0 radical (unpaired) electrons. The topological polar surface area (TPSA) is 52.3 Å². The van der Waals surface area contributed by atoms with Crippen molar-refractivity contribution in [2.24, 2.45) is 5.73 Å². The van der Waals surface area contributed by atoms with Gasteiger partial charge < -0.3 is 10.5 Å². The Morgan fingerprint density at radius 3 is 3.00 bits per heavy atom. The van der Waals surface area contributed by atoms with Crippen molar-refractivity contribution in [1.82, 2.24) is 0 Å². The third-order valence-corrected chi connectivity index (χ3v) is 1.38. The molecule has 3 heteroatoms. The zero-order valence-electron chi connectivity index (χ0n) is 6.69. The van der Waals surface area contributed by atoms with Crippen LogP contribution in [0, 0.1) is 0 Å². The average molecular weight is 165 g/mol. The number of carbonyl (C=O) groups is 1. The van der Waals surface area contributed by atoms with Crippen LogP contribution in [0.1, 0.15) is 10.4 Å². The highest BCUT2D eigenvalue weighted by molar-refractivity contribution is 5.75. The van der Waals surface area contributed by atoms with Crippen LogP contribution < -0.4 is 10.5 Å². The molecule has 0 aliphatic heterocycles. The highest BCUT2D eigenvalue weighted by Crippen LogP contribution is 2.11. The van der Waals surface area contributed by atoms with E-state index in [4.69, 9.17) is 10.5 Å². The van der Waals surface area contributed by atoms with Crippen LogP contribution in [-0.4, -0.2) is 19.4 Å². The monoisotopic (exact) mass is 165 g/mol. The van der Waals surface area contributed by atoms with E-state index in [-0.39, 0.29) is 0 Å². The van der Waals surface area contributed by atoms with Crippen LogP contribution in [0.3, 0.4) is 0 Å². The molecule has 0 aliphatic rings. The Kier molecular flexibility index (Phi) is 3.29. The van der Waals surface area contributed by atoms with Gasteiger partial charge in [-0.25, -0.2) is 0 Å². The van der Waals surface area contributed by atoms with Crippen molar-refractivity contribution in [3.05, 3.63) is 29.8 Å². The second-order valence-electron chi connectivity index (χ2n) is 2.33. The van der Waals surface area contributed by atoms with Crippen molar-refractivity contribution >= 4 is 6.29 Å². The van der Waals surface area contributed by atoms with Gasteiger partial charge in [-0.05, 0) is 12.1 Å². The predicted molar refractivity (Wildman–Crippen MR) is 46.4 cm³/mol. The van der Waals surface area contributed by atoms with Crippen LogP contribution >= 0.6 is 0 Å². The number of hydrogen-bond acceptors (Lipinski definition) is 3. The Bertz CT molecular complexity index is 260. The highest BCUT2D eigenvalue weighted by Gasteiger charge is 1.93. The quantitative estimate of drug-likeness (QED) is 0.672. The summed E-state index contributed by atoms with van der Waals surface area (Å²) in [6.07, 6.45) is 0.787. The second kappa shape index (κ2) is 4.51. The normalized spacial score (nSPS) is 9.42. The maximum absolute atomic E-state index is 10.4. The van der Waals surface area contributed by atoms with Gasteiger partial charge in [0.2, 0.25) is 0 Å². The van der Waals surface area contributed by atoms with Gasteiger partial charge >= 0.3 is 0 Å². The lowest BCUT2D eigenvalue weighted by molar-refractivity contribution is 0.112. The molecule has 64 valence electrons. The Hall–Kier alpha value is -1.35. The fourth-order valence-corrected chi connectivity index (χ4v) is 0.854. The lowest BCUT2D eigenvalue weighted by Crippen LogP contribution is -2.10. The molecule has 0 amide bonds. The van der Waals surface area contributed by atoms with Crippen LogP contribution in [0.15, 0.2) is 24.3 Å². The van der Waals surface area contributed by atoms with Crippen molar-refractivity contribution < 1.29 is 9.53 Å². The van der Waals surface area contributed by atoms with E-state index in [2.05, 4.69) is 0 Å². The summed E-state index contributed by atoms with van der Waals surface area (Å²) in [5.74, 6) is 0.685. The molecule has 0 fully saturated rings. The van der Waals surface area contributed by atoms with Gasteiger partial charge in [0.25, 0.3) is 0 Å². The Morgan fingerprint density at radius 2 is 2.33 bits per heavy atom. The predicted octanol–water partition coefficient (Wildman–Crippen LogP) is 0.837. The first-order valence-electron chi connectivity index (χ1n) is 3.75. The van der Waals surface area contributed by atoms with Crippen LogP contribution in [-0.2, 0) is 0 Å². The Morgan fingerprint density at radius 1 is 1.50 bits per heavy atom. The Balaban J connectivity index is 2.66. The van der Waals surface area contributed by atoms with E-state index < -0.39 is 0 Å². The summed E-state index contributed by atoms with van der Waals surface area (Å²) in [6.45, 7) is 0.952. The molecule has 1 rings (SSSR count). The van der Waals surface area contributed by atoms with Gasteiger partial charge in [0.1, 0.15) is 18.6 Å². The lowest BCUT2D eigenvalue weighted by Gasteiger charge is -2.03. The molecule has 0 spiro atoms. The summed E-state index contributed by atoms with van der Waals surface area (Å²) in [5.41, 5.74) is 5.87. The lowest BCUT2D eigenvalue weighted by atomic mass is 10.2. The summed E-state index contributed by atoms with van der Waals surface area (Å²) in [4.78, 5) is 10.4. The molecule has 0 saturated heterocycles. The molecule has 0 bridgehead atoms. The second-order valence-corrected chi connectivity index (χ2v) is 2.33. The van der Waals surface area contributed by atoms with Crippen LogP contribution in [0.25, 0.3) is 0 Å². The maximum Gasteiger partial charge on any atom is 0.150 e. The van der Waals surface area contributed by atoms with Gasteiger partial charge in [0, 0.05) is 12.1 Å². The fourth-order valence-electron chi connectivity index (χ4n) is 0.854. The smallest absolute Gasteiger partial charge is 0.150 e. The summed E-state index contributed by atoms with van der Waals surface area (Å²) in [5, 5.41) is 0.